The van der Waals surface area contributed by atoms with Gasteiger partial charge in [0.15, 0.2) is 5.82 Å². The van der Waals surface area contributed by atoms with Gasteiger partial charge in [-0.3, -0.25) is 0 Å². The molecule has 0 aliphatic rings. The van der Waals surface area contributed by atoms with Gasteiger partial charge in [-0.1, -0.05) is 12.1 Å². The van der Waals surface area contributed by atoms with Gasteiger partial charge >= 0.3 is 6.03 Å². The number of carbonyl (C=O) groups excluding carboxylic acids is 1. The molecule has 0 aliphatic heterocycles. The lowest BCUT2D eigenvalue weighted by molar-refractivity contribution is 0.262. The minimum atomic E-state index is -0.374. The number of rotatable bonds is 7. The van der Waals surface area contributed by atoms with Gasteiger partial charge in [0.2, 0.25) is 5.88 Å². The summed E-state index contributed by atoms with van der Waals surface area (Å²) in [5, 5.41) is 9.76. The number of nitrogens with one attached hydrogen (secondary N) is 2. The summed E-state index contributed by atoms with van der Waals surface area (Å²) in [4.78, 5) is 21.0. The van der Waals surface area contributed by atoms with Crippen LogP contribution in [0.1, 0.15) is 12.7 Å². The van der Waals surface area contributed by atoms with Gasteiger partial charge in [0.1, 0.15) is 17.3 Å². The molecule has 4 rings (SSSR count). The van der Waals surface area contributed by atoms with Gasteiger partial charge in [-0.05, 0) is 56.3 Å². The highest BCUT2D eigenvalue weighted by Gasteiger charge is 2.09. The molecule has 2 amide bonds. The maximum Gasteiger partial charge on any atom is 0.323 e. The van der Waals surface area contributed by atoms with Crippen LogP contribution in [0.2, 0.25) is 0 Å². The van der Waals surface area contributed by atoms with Crippen LogP contribution in [-0.2, 0) is 0 Å². The van der Waals surface area contributed by atoms with Gasteiger partial charge in [-0.15, -0.1) is 0 Å². The zero-order valence-electron chi connectivity index (χ0n) is 17.6. The zero-order valence-corrected chi connectivity index (χ0v) is 17.6. The van der Waals surface area contributed by atoms with Crippen LogP contribution < -0.4 is 20.1 Å². The van der Waals surface area contributed by atoms with Crippen molar-refractivity contribution in [3.63, 3.8) is 0 Å². The van der Waals surface area contributed by atoms with Crippen LogP contribution >= 0.6 is 0 Å². The van der Waals surface area contributed by atoms with E-state index in [1.54, 1.807) is 66.5 Å². The Balaban J connectivity index is 1.40. The second kappa shape index (κ2) is 9.61. The molecule has 0 unspecified atom stereocenters. The zero-order chi connectivity index (χ0) is 22.3. The summed E-state index contributed by atoms with van der Waals surface area (Å²) in [5.41, 5.74) is 1.21. The second-order valence-corrected chi connectivity index (χ2v) is 6.70. The number of benzene rings is 2. The van der Waals surface area contributed by atoms with Crippen LogP contribution in [0.4, 0.5) is 16.2 Å². The van der Waals surface area contributed by atoms with Crippen LogP contribution in [0.25, 0.3) is 5.82 Å². The quantitative estimate of drug-likeness (QED) is 0.436. The maximum atomic E-state index is 12.4. The topological polar surface area (TPSA) is 103 Å². The lowest BCUT2D eigenvalue weighted by Crippen LogP contribution is -2.19. The summed E-state index contributed by atoms with van der Waals surface area (Å²) < 4.78 is 13.0. The number of nitrogens with zero attached hydrogens (tertiary/aromatic N) is 4. The van der Waals surface area contributed by atoms with Crippen molar-refractivity contribution in [2.24, 2.45) is 0 Å². The standard InChI is InChI=1S/C23H22N6O3/c1-3-31-20-8-5-4-7-19(20)28-23(30)27-17-9-11-18(12-10-17)32-22-15-21(25-16(2)26-22)29-14-6-13-24-29/h4-15H,3H2,1-2H3,(H2,27,28,30). The third-order valence-electron chi connectivity index (χ3n) is 4.31. The average Bonchev–Trinajstić information content (AvgIpc) is 3.31. The SMILES string of the molecule is CCOc1ccccc1NC(=O)Nc1ccc(Oc2cc(-n3cccn3)nc(C)n2)cc1. The highest BCUT2D eigenvalue weighted by molar-refractivity contribution is 6.00. The Labute approximate surface area is 185 Å². The fraction of sp³-hybridized carbons (Fsp3) is 0.130. The monoisotopic (exact) mass is 430 g/mol. The first kappa shape index (κ1) is 20.9. The van der Waals surface area contributed by atoms with Crippen molar-refractivity contribution >= 4 is 17.4 Å². The molecule has 0 aliphatic carbocycles. The first-order chi connectivity index (χ1) is 15.6. The van der Waals surface area contributed by atoms with Gasteiger partial charge in [0.25, 0.3) is 0 Å². The van der Waals surface area contributed by atoms with Gasteiger partial charge in [0.05, 0.1) is 12.3 Å². The van der Waals surface area contributed by atoms with E-state index in [1.165, 1.54) is 0 Å². The molecular weight excluding hydrogens is 408 g/mol. The van der Waals surface area contributed by atoms with Crippen LogP contribution in [0.3, 0.4) is 0 Å². The molecule has 2 aromatic heterocycles. The number of hydrogen-bond acceptors (Lipinski definition) is 6. The molecule has 2 N–H and O–H groups in total. The van der Waals surface area contributed by atoms with Crippen molar-refractivity contribution in [3.05, 3.63) is 78.9 Å². The van der Waals surface area contributed by atoms with Crippen molar-refractivity contribution in [2.75, 3.05) is 17.2 Å². The molecular formula is C23H22N6O3. The van der Waals surface area contributed by atoms with Gasteiger partial charge in [-0.25, -0.2) is 14.5 Å². The van der Waals surface area contributed by atoms with E-state index in [9.17, 15) is 4.79 Å². The molecule has 0 spiro atoms. The van der Waals surface area contributed by atoms with Crippen molar-refractivity contribution in [3.8, 4) is 23.2 Å². The van der Waals surface area contributed by atoms with Crippen LogP contribution in [0.15, 0.2) is 73.1 Å². The van der Waals surface area contributed by atoms with E-state index >= 15 is 0 Å². The Morgan fingerprint density at radius 2 is 1.84 bits per heavy atom. The van der Waals surface area contributed by atoms with E-state index in [-0.39, 0.29) is 6.03 Å². The third kappa shape index (κ3) is 5.20. The number of amides is 2. The Morgan fingerprint density at radius 1 is 1.03 bits per heavy atom. The summed E-state index contributed by atoms with van der Waals surface area (Å²) in [6, 6.07) is 17.4. The second-order valence-electron chi connectivity index (χ2n) is 6.70. The number of hydrogen-bond donors (Lipinski definition) is 2. The molecule has 9 nitrogen and oxygen atoms in total. The van der Waals surface area contributed by atoms with Crippen molar-refractivity contribution in [1.29, 1.82) is 0 Å². The highest BCUT2D eigenvalue weighted by Crippen LogP contribution is 2.25. The number of carbonyl (C=O) groups is 1. The fourth-order valence-electron chi connectivity index (χ4n) is 2.96. The van der Waals surface area contributed by atoms with Crippen LogP contribution in [0.5, 0.6) is 17.4 Å². The van der Waals surface area contributed by atoms with E-state index in [0.29, 0.717) is 47.0 Å². The normalized spacial score (nSPS) is 10.4. The van der Waals surface area contributed by atoms with Gasteiger partial charge in [0, 0.05) is 24.1 Å². The smallest absolute Gasteiger partial charge is 0.323 e. The maximum absolute atomic E-state index is 12.4. The Bertz CT molecular complexity index is 1190. The minimum Gasteiger partial charge on any atom is -0.492 e. The number of ether oxygens (including phenoxy) is 2. The number of aromatic nitrogens is 4. The lowest BCUT2D eigenvalue weighted by Gasteiger charge is -2.12. The molecule has 162 valence electrons. The molecule has 2 heterocycles. The largest absolute Gasteiger partial charge is 0.492 e. The first-order valence-corrected chi connectivity index (χ1v) is 10.0. The summed E-state index contributed by atoms with van der Waals surface area (Å²) in [6.07, 6.45) is 3.47. The van der Waals surface area contributed by atoms with Gasteiger partial charge in [-0.2, -0.15) is 10.1 Å². The molecule has 0 bridgehead atoms. The summed E-state index contributed by atoms with van der Waals surface area (Å²) in [6.45, 7) is 4.19. The molecule has 0 fully saturated rings. The Kier molecular flexibility index (Phi) is 6.26. The molecule has 32 heavy (non-hydrogen) atoms. The molecule has 0 radical (unpaired) electrons. The van der Waals surface area contributed by atoms with E-state index in [4.69, 9.17) is 9.47 Å². The average molecular weight is 430 g/mol. The number of para-hydroxylation sites is 2. The first-order valence-electron chi connectivity index (χ1n) is 10.0. The molecule has 0 atom stereocenters. The molecule has 4 aromatic rings. The van der Waals surface area contributed by atoms with E-state index in [2.05, 4.69) is 25.7 Å². The Morgan fingerprint density at radius 3 is 2.59 bits per heavy atom. The predicted octanol–water partition coefficient (Wildman–Crippen LogP) is 4.81. The molecule has 2 aromatic carbocycles. The molecule has 0 saturated heterocycles. The number of aryl methyl sites for hydroxylation is 1. The summed E-state index contributed by atoms with van der Waals surface area (Å²) in [7, 11) is 0. The van der Waals surface area contributed by atoms with Crippen molar-refractivity contribution in [2.45, 2.75) is 13.8 Å². The van der Waals surface area contributed by atoms with Crippen molar-refractivity contribution in [1.82, 2.24) is 19.7 Å². The summed E-state index contributed by atoms with van der Waals surface area (Å²) >= 11 is 0. The van der Waals surface area contributed by atoms with Gasteiger partial charge < -0.3 is 20.1 Å². The highest BCUT2D eigenvalue weighted by atomic mass is 16.5. The third-order valence-corrected chi connectivity index (χ3v) is 4.31. The van der Waals surface area contributed by atoms with E-state index in [0.717, 1.165) is 0 Å². The summed E-state index contributed by atoms with van der Waals surface area (Å²) in [5.74, 6) is 2.76. The van der Waals surface area contributed by atoms with E-state index in [1.807, 2.05) is 25.1 Å². The Hall–Kier alpha value is -4.40. The van der Waals surface area contributed by atoms with E-state index < -0.39 is 0 Å². The fourth-order valence-corrected chi connectivity index (χ4v) is 2.96. The van der Waals surface area contributed by atoms with Crippen molar-refractivity contribution < 1.29 is 14.3 Å². The minimum absolute atomic E-state index is 0.374. The lowest BCUT2D eigenvalue weighted by atomic mass is 10.3. The van der Waals surface area contributed by atoms with Crippen LogP contribution in [-0.4, -0.2) is 32.4 Å². The molecule has 9 heteroatoms. The molecule has 0 saturated carbocycles. The number of urea groups is 1. The van der Waals surface area contributed by atoms with Crippen LogP contribution in [0, 0.1) is 6.92 Å². The number of anilines is 2. The predicted molar refractivity (Wildman–Crippen MR) is 121 cm³/mol.